The van der Waals surface area contributed by atoms with Crippen LogP contribution in [0.1, 0.15) is 31.1 Å². The van der Waals surface area contributed by atoms with Crippen molar-refractivity contribution < 1.29 is 14.3 Å². The minimum Gasteiger partial charge on any atom is -0.443 e. The maximum atomic E-state index is 12.2. The van der Waals surface area contributed by atoms with E-state index in [0.717, 1.165) is 5.39 Å². The first-order valence-corrected chi connectivity index (χ1v) is 7.38. The zero-order valence-corrected chi connectivity index (χ0v) is 13.2. The predicted molar refractivity (Wildman–Crippen MR) is 81.7 cm³/mol. The fourth-order valence-electron chi connectivity index (χ4n) is 1.95. The molecule has 1 aromatic carbocycles. The van der Waals surface area contributed by atoms with Crippen LogP contribution < -0.4 is 0 Å². The van der Waals surface area contributed by atoms with Gasteiger partial charge in [-0.2, -0.15) is 0 Å². The van der Waals surface area contributed by atoms with Crippen molar-refractivity contribution in [2.24, 2.45) is 0 Å². The third-order valence-electron chi connectivity index (χ3n) is 2.72. The molecule has 0 fully saturated rings. The number of benzene rings is 1. The first-order valence-electron chi connectivity index (χ1n) is 6.26. The van der Waals surface area contributed by atoms with Crippen molar-refractivity contribution in [1.29, 1.82) is 0 Å². The van der Waals surface area contributed by atoms with Gasteiger partial charge in [-0.15, -0.1) is 0 Å². The fourth-order valence-corrected chi connectivity index (χ4v) is 2.26. The molecule has 4 nitrogen and oxygen atoms in total. The smallest absolute Gasteiger partial charge is 0.419 e. The highest BCUT2D eigenvalue weighted by Gasteiger charge is 2.21. The van der Waals surface area contributed by atoms with Gasteiger partial charge in [0.2, 0.25) is 0 Å². The Bertz CT molecular complexity index is 667. The quantitative estimate of drug-likeness (QED) is 0.614. The Kier molecular flexibility index (Phi) is 3.99. The van der Waals surface area contributed by atoms with Crippen LogP contribution in [0.15, 0.2) is 30.5 Å². The van der Waals surface area contributed by atoms with Crippen LogP contribution in [0.3, 0.4) is 0 Å². The lowest BCUT2D eigenvalue weighted by Gasteiger charge is -2.20. The minimum atomic E-state index is -0.581. The van der Waals surface area contributed by atoms with Crippen molar-refractivity contribution in [2.45, 2.75) is 26.4 Å². The summed E-state index contributed by atoms with van der Waals surface area (Å²) >= 11 is 3.16. The largest absolute Gasteiger partial charge is 0.443 e. The predicted octanol–water partition coefficient (Wildman–Crippen LogP) is 4.00. The van der Waals surface area contributed by atoms with E-state index >= 15 is 0 Å². The summed E-state index contributed by atoms with van der Waals surface area (Å²) in [6.07, 6.45) is 1.14. The first-order chi connectivity index (χ1) is 9.33. The van der Waals surface area contributed by atoms with Gasteiger partial charge in [-0.3, -0.25) is 9.36 Å². The van der Waals surface area contributed by atoms with Gasteiger partial charge in [-0.25, -0.2) is 4.79 Å². The molecule has 0 aliphatic heterocycles. The molecule has 2 aromatic rings. The number of rotatable bonds is 2. The van der Waals surface area contributed by atoms with E-state index in [-0.39, 0.29) is 11.1 Å². The monoisotopic (exact) mass is 337 g/mol. The van der Waals surface area contributed by atoms with Crippen molar-refractivity contribution in [3.63, 3.8) is 0 Å². The second kappa shape index (κ2) is 5.40. The second-order valence-electron chi connectivity index (χ2n) is 5.47. The lowest BCUT2D eigenvalue weighted by Crippen LogP contribution is -2.27. The number of hydrogen-bond donors (Lipinski definition) is 0. The maximum absolute atomic E-state index is 12.2. The molecule has 0 amide bonds. The number of para-hydroxylation sites is 1. The molecule has 0 unspecified atom stereocenters. The Morgan fingerprint density at radius 1 is 1.25 bits per heavy atom. The van der Waals surface area contributed by atoms with Gasteiger partial charge >= 0.3 is 6.09 Å². The Morgan fingerprint density at radius 3 is 2.55 bits per heavy atom. The summed E-state index contributed by atoms with van der Waals surface area (Å²) in [7, 11) is 0. The number of hydrogen-bond acceptors (Lipinski definition) is 3. The molecule has 1 heterocycles. The molecule has 0 N–H and O–H groups in total. The van der Waals surface area contributed by atoms with E-state index < -0.39 is 11.7 Å². The van der Waals surface area contributed by atoms with Crippen LogP contribution in [0.5, 0.6) is 0 Å². The molecule has 0 bridgehead atoms. The summed E-state index contributed by atoms with van der Waals surface area (Å²) in [4.78, 5) is 24.2. The standard InChI is InChI=1S/C15H16BrNO3/c1-15(2,3)20-14(19)17-8-7-10-5-4-6-11(13(10)17)12(18)9-16/h4-8H,9H2,1-3H3. The van der Waals surface area contributed by atoms with Crippen molar-refractivity contribution in [2.75, 3.05) is 5.33 Å². The molecule has 0 radical (unpaired) electrons. The van der Waals surface area contributed by atoms with Gasteiger partial charge in [0.15, 0.2) is 5.78 Å². The number of alkyl halides is 1. The summed E-state index contributed by atoms with van der Waals surface area (Å²) in [5.41, 5.74) is 0.517. The van der Waals surface area contributed by atoms with Crippen LogP contribution in [0, 0.1) is 0 Å². The van der Waals surface area contributed by atoms with Gasteiger partial charge < -0.3 is 4.74 Å². The average molecular weight is 338 g/mol. The molecule has 0 saturated heterocycles. The van der Waals surface area contributed by atoms with E-state index in [1.807, 2.05) is 6.07 Å². The molecule has 106 valence electrons. The Morgan fingerprint density at radius 2 is 1.95 bits per heavy atom. The zero-order chi connectivity index (χ0) is 14.9. The van der Waals surface area contributed by atoms with Crippen LogP contribution in [-0.2, 0) is 4.74 Å². The summed E-state index contributed by atoms with van der Waals surface area (Å²) in [6.45, 7) is 5.42. The van der Waals surface area contributed by atoms with E-state index in [0.29, 0.717) is 11.1 Å². The van der Waals surface area contributed by atoms with Gasteiger partial charge in [0.05, 0.1) is 10.8 Å². The van der Waals surface area contributed by atoms with E-state index in [1.54, 1.807) is 45.2 Å². The van der Waals surface area contributed by atoms with Crippen molar-refractivity contribution in [1.82, 2.24) is 4.57 Å². The van der Waals surface area contributed by atoms with Crippen LogP contribution in [0.2, 0.25) is 0 Å². The third-order valence-corrected chi connectivity index (χ3v) is 3.23. The molecule has 0 aliphatic carbocycles. The van der Waals surface area contributed by atoms with Crippen LogP contribution in [0.4, 0.5) is 4.79 Å². The summed E-state index contributed by atoms with van der Waals surface area (Å²) in [6, 6.07) is 7.18. The van der Waals surface area contributed by atoms with E-state index in [4.69, 9.17) is 4.74 Å². The third kappa shape index (κ3) is 2.93. The van der Waals surface area contributed by atoms with E-state index in [2.05, 4.69) is 15.9 Å². The minimum absolute atomic E-state index is 0.0703. The Balaban J connectivity index is 2.55. The van der Waals surface area contributed by atoms with Gasteiger partial charge in [-0.1, -0.05) is 28.1 Å². The van der Waals surface area contributed by atoms with Gasteiger partial charge in [0, 0.05) is 17.1 Å². The lowest BCUT2D eigenvalue weighted by molar-refractivity contribution is 0.0544. The Hall–Kier alpha value is -1.62. The number of carbonyl (C=O) groups excluding carboxylic acids is 2. The molecule has 20 heavy (non-hydrogen) atoms. The van der Waals surface area contributed by atoms with Gasteiger partial charge in [-0.05, 0) is 32.9 Å². The zero-order valence-electron chi connectivity index (χ0n) is 11.6. The number of nitrogens with zero attached hydrogens (tertiary/aromatic N) is 1. The van der Waals surface area contributed by atoms with Crippen LogP contribution in [0.25, 0.3) is 10.9 Å². The first kappa shape index (κ1) is 14.8. The molecule has 1 aromatic heterocycles. The number of fused-ring (bicyclic) bond motifs is 1. The Labute approximate surface area is 125 Å². The van der Waals surface area contributed by atoms with Crippen molar-refractivity contribution >= 4 is 38.7 Å². The molecule has 0 aliphatic rings. The molecule has 5 heteroatoms. The maximum Gasteiger partial charge on any atom is 0.419 e. The van der Waals surface area contributed by atoms with Crippen LogP contribution in [-0.4, -0.2) is 27.4 Å². The SMILES string of the molecule is CC(C)(C)OC(=O)n1ccc2cccc(C(=O)CBr)c21. The number of Topliss-reactive ketones (excluding diaryl/α,β-unsaturated/α-hetero) is 1. The average Bonchev–Trinajstić information content (AvgIpc) is 2.79. The summed E-state index contributed by atoms with van der Waals surface area (Å²) < 4.78 is 6.74. The highest BCUT2D eigenvalue weighted by molar-refractivity contribution is 9.09. The number of aromatic nitrogens is 1. The highest BCUT2D eigenvalue weighted by atomic mass is 79.9. The number of ether oxygens (including phenoxy) is 1. The van der Waals surface area contributed by atoms with Gasteiger partial charge in [0.25, 0.3) is 0 Å². The van der Waals surface area contributed by atoms with Crippen molar-refractivity contribution in [3.8, 4) is 0 Å². The lowest BCUT2D eigenvalue weighted by atomic mass is 10.1. The number of carbonyl (C=O) groups is 2. The molecular formula is C15H16BrNO3. The van der Waals surface area contributed by atoms with Crippen LogP contribution >= 0.6 is 15.9 Å². The molecule has 2 rings (SSSR count). The van der Waals surface area contributed by atoms with Gasteiger partial charge in [0.1, 0.15) is 5.60 Å². The highest BCUT2D eigenvalue weighted by Crippen LogP contribution is 2.22. The summed E-state index contributed by atoms with van der Waals surface area (Å²) in [5.74, 6) is -0.0703. The normalized spacial score (nSPS) is 11.6. The number of ketones is 1. The molecular weight excluding hydrogens is 322 g/mol. The second-order valence-corrected chi connectivity index (χ2v) is 6.03. The molecule has 0 spiro atoms. The summed E-state index contributed by atoms with van der Waals surface area (Å²) in [5, 5.41) is 1.05. The van der Waals surface area contributed by atoms with E-state index in [1.165, 1.54) is 4.57 Å². The topological polar surface area (TPSA) is 48.3 Å². The van der Waals surface area contributed by atoms with Crippen molar-refractivity contribution in [3.05, 3.63) is 36.0 Å². The van der Waals surface area contributed by atoms with E-state index in [9.17, 15) is 9.59 Å². The molecule has 0 atom stereocenters. The fraction of sp³-hybridized carbons (Fsp3) is 0.333. The molecule has 0 saturated carbocycles. The number of halogens is 1.